The van der Waals surface area contributed by atoms with Gasteiger partial charge in [-0.1, -0.05) is 29.3 Å². The maximum atomic E-state index is 11.9. The number of hydrogen-bond acceptors (Lipinski definition) is 5. The normalized spacial score (nSPS) is 10.2. The van der Waals surface area contributed by atoms with Crippen molar-refractivity contribution in [1.82, 2.24) is 0 Å². The topological polar surface area (TPSA) is 98.5 Å². The molecule has 0 radical (unpaired) electrons. The van der Waals surface area contributed by atoms with Crippen molar-refractivity contribution < 1.29 is 19.2 Å². The number of aryl methyl sites for hydroxylation is 1. The van der Waals surface area contributed by atoms with Gasteiger partial charge in [-0.25, -0.2) is 4.79 Å². The van der Waals surface area contributed by atoms with Crippen LogP contribution in [0.4, 0.5) is 11.4 Å². The summed E-state index contributed by atoms with van der Waals surface area (Å²) in [6, 6.07) is 8.39. The third-order valence-electron chi connectivity index (χ3n) is 3.12. The molecule has 0 saturated carbocycles. The Hall–Kier alpha value is -2.64. The van der Waals surface area contributed by atoms with Crippen molar-refractivity contribution in [1.29, 1.82) is 0 Å². The molecule has 0 bridgehead atoms. The first-order chi connectivity index (χ1) is 11.8. The van der Waals surface area contributed by atoms with E-state index in [1.165, 1.54) is 30.3 Å². The van der Waals surface area contributed by atoms with E-state index in [4.69, 9.17) is 27.9 Å². The van der Waals surface area contributed by atoms with E-state index in [0.29, 0.717) is 21.3 Å². The number of esters is 1. The van der Waals surface area contributed by atoms with Crippen LogP contribution in [0.3, 0.4) is 0 Å². The summed E-state index contributed by atoms with van der Waals surface area (Å²) in [6.07, 6.45) is 0. The molecule has 0 saturated heterocycles. The highest BCUT2D eigenvalue weighted by Gasteiger charge is 2.17. The van der Waals surface area contributed by atoms with Gasteiger partial charge in [0, 0.05) is 27.4 Å². The molecule has 25 heavy (non-hydrogen) atoms. The van der Waals surface area contributed by atoms with Crippen molar-refractivity contribution in [2.75, 3.05) is 11.9 Å². The highest BCUT2D eigenvalue weighted by atomic mass is 35.5. The molecule has 0 spiro atoms. The van der Waals surface area contributed by atoms with E-state index in [1.807, 2.05) is 0 Å². The van der Waals surface area contributed by atoms with Crippen LogP contribution in [0.2, 0.25) is 10.0 Å². The molecule has 1 N–H and O–H groups in total. The second kappa shape index (κ2) is 7.96. The molecule has 0 aliphatic heterocycles. The summed E-state index contributed by atoms with van der Waals surface area (Å²) >= 11 is 11.6. The Morgan fingerprint density at radius 1 is 1.16 bits per heavy atom. The number of rotatable bonds is 5. The fourth-order valence-corrected chi connectivity index (χ4v) is 2.50. The van der Waals surface area contributed by atoms with Crippen LogP contribution < -0.4 is 5.32 Å². The van der Waals surface area contributed by atoms with Crippen molar-refractivity contribution in [3.63, 3.8) is 0 Å². The van der Waals surface area contributed by atoms with Crippen LogP contribution >= 0.6 is 23.2 Å². The van der Waals surface area contributed by atoms with Gasteiger partial charge < -0.3 is 10.1 Å². The molecular formula is C16H12Cl2N2O5. The number of carbonyl (C=O) groups is 2. The number of anilines is 1. The van der Waals surface area contributed by atoms with Gasteiger partial charge in [-0.3, -0.25) is 14.9 Å². The van der Waals surface area contributed by atoms with Gasteiger partial charge in [0.05, 0.1) is 10.5 Å². The number of benzene rings is 2. The Balaban J connectivity index is 1.98. The van der Waals surface area contributed by atoms with E-state index in [9.17, 15) is 19.7 Å². The van der Waals surface area contributed by atoms with Gasteiger partial charge in [0.1, 0.15) is 0 Å². The molecule has 0 fully saturated rings. The average molecular weight is 383 g/mol. The molecule has 0 aliphatic rings. The van der Waals surface area contributed by atoms with E-state index in [1.54, 1.807) is 6.92 Å². The molecule has 7 nitrogen and oxygen atoms in total. The molecule has 2 rings (SSSR count). The lowest BCUT2D eigenvalue weighted by Gasteiger charge is -2.08. The minimum absolute atomic E-state index is 0.0177. The van der Waals surface area contributed by atoms with E-state index < -0.39 is 23.4 Å². The molecule has 130 valence electrons. The van der Waals surface area contributed by atoms with Crippen molar-refractivity contribution >= 4 is 46.5 Å². The zero-order chi connectivity index (χ0) is 18.6. The van der Waals surface area contributed by atoms with Crippen LogP contribution in [0, 0.1) is 17.0 Å². The van der Waals surface area contributed by atoms with Gasteiger partial charge in [-0.15, -0.1) is 0 Å². The Bertz CT molecular complexity index is 834. The van der Waals surface area contributed by atoms with Crippen molar-refractivity contribution in [2.45, 2.75) is 6.92 Å². The zero-order valence-electron chi connectivity index (χ0n) is 12.9. The first-order valence-corrected chi connectivity index (χ1v) is 7.70. The fraction of sp³-hybridized carbons (Fsp3) is 0.125. The quantitative estimate of drug-likeness (QED) is 0.478. The van der Waals surface area contributed by atoms with Crippen LogP contribution in [0.5, 0.6) is 0 Å². The van der Waals surface area contributed by atoms with Crippen LogP contribution in [-0.2, 0) is 9.53 Å². The number of nitrogens with zero attached hydrogens (tertiary/aromatic N) is 1. The number of amides is 1. The van der Waals surface area contributed by atoms with E-state index >= 15 is 0 Å². The SMILES string of the molecule is Cc1ccc(C(=O)OCC(=O)Nc2cc(Cl)cc(Cl)c2)cc1[N+](=O)[O-]. The Kier molecular flexibility index (Phi) is 5.95. The van der Waals surface area contributed by atoms with Crippen LogP contribution in [0.15, 0.2) is 36.4 Å². The summed E-state index contributed by atoms with van der Waals surface area (Å²) in [6.45, 7) is 0.988. The number of nitro groups is 1. The molecule has 0 aliphatic carbocycles. The summed E-state index contributed by atoms with van der Waals surface area (Å²) < 4.78 is 4.86. The average Bonchev–Trinajstić information content (AvgIpc) is 2.51. The Labute approximate surface area is 152 Å². The second-order valence-electron chi connectivity index (χ2n) is 5.04. The van der Waals surface area contributed by atoms with Crippen molar-refractivity contribution in [2.24, 2.45) is 0 Å². The lowest BCUT2D eigenvalue weighted by atomic mass is 10.1. The van der Waals surface area contributed by atoms with Crippen molar-refractivity contribution in [3.8, 4) is 0 Å². The van der Waals surface area contributed by atoms with E-state index in [2.05, 4.69) is 5.32 Å². The molecule has 0 heterocycles. The minimum Gasteiger partial charge on any atom is -0.452 e. The van der Waals surface area contributed by atoms with Gasteiger partial charge in [0.25, 0.3) is 11.6 Å². The predicted molar refractivity (Wildman–Crippen MR) is 93.2 cm³/mol. The van der Waals surface area contributed by atoms with Crippen LogP contribution in [0.25, 0.3) is 0 Å². The molecule has 0 aromatic heterocycles. The summed E-state index contributed by atoms with van der Waals surface area (Å²) in [4.78, 5) is 34.0. The molecule has 0 unspecified atom stereocenters. The second-order valence-corrected chi connectivity index (χ2v) is 5.91. The lowest BCUT2D eigenvalue weighted by molar-refractivity contribution is -0.385. The molecule has 0 atom stereocenters. The fourth-order valence-electron chi connectivity index (χ4n) is 1.97. The van der Waals surface area contributed by atoms with Gasteiger partial charge in [0.2, 0.25) is 0 Å². The number of nitro benzene ring substituents is 1. The number of halogens is 2. The molecule has 2 aromatic carbocycles. The van der Waals surface area contributed by atoms with Crippen LogP contribution in [-0.4, -0.2) is 23.4 Å². The van der Waals surface area contributed by atoms with Crippen LogP contribution in [0.1, 0.15) is 15.9 Å². The lowest BCUT2D eigenvalue weighted by Crippen LogP contribution is -2.21. The Morgan fingerprint density at radius 2 is 1.80 bits per heavy atom. The zero-order valence-corrected chi connectivity index (χ0v) is 14.4. The number of hydrogen-bond donors (Lipinski definition) is 1. The largest absolute Gasteiger partial charge is 0.452 e. The standard InChI is InChI=1S/C16H12Cl2N2O5/c1-9-2-3-10(4-14(9)20(23)24)16(22)25-8-15(21)19-13-6-11(17)5-12(18)7-13/h2-7H,8H2,1H3,(H,19,21). The van der Waals surface area contributed by atoms with Gasteiger partial charge in [-0.2, -0.15) is 0 Å². The maximum absolute atomic E-state index is 11.9. The summed E-state index contributed by atoms with van der Waals surface area (Å²) in [5.74, 6) is -1.45. The summed E-state index contributed by atoms with van der Waals surface area (Å²) in [5.41, 5.74) is 0.546. The third kappa shape index (κ3) is 5.17. The molecular weight excluding hydrogens is 371 g/mol. The highest BCUT2D eigenvalue weighted by molar-refractivity contribution is 6.35. The smallest absolute Gasteiger partial charge is 0.338 e. The van der Waals surface area contributed by atoms with Gasteiger partial charge in [-0.05, 0) is 31.2 Å². The Morgan fingerprint density at radius 3 is 2.40 bits per heavy atom. The predicted octanol–water partition coefficient (Wildman–Crippen LogP) is 4.01. The number of carbonyl (C=O) groups excluding carboxylic acids is 2. The number of ether oxygens (including phenoxy) is 1. The molecule has 2 aromatic rings. The maximum Gasteiger partial charge on any atom is 0.338 e. The van der Waals surface area contributed by atoms with E-state index in [0.717, 1.165) is 6.07 Å². The monoisotopic (exact) mass is 382 g/mol. The van der Waals surface area contributed by atoms with Crippen molar-refractivity contribution in [3.05, 3.63) is 67.7 Å². The molecule has 9 heteroatoms. The van der Waals surface area contributed by atoms with Gasteiger partial charge >= 0.3 is 5.97 Å². The first-order valence-electron chi connectivity index (χ1n) is 6.94. The van der Waals surface area contributed by atoms with Gasteiger partial charge in [0.15, 0.2) is 6.61 Å². The summed E-state index contributed by atoms with van der Waals surface area (Å²) in [5, 5.41) is 14.0. The summed E-state index contributed by atoms with van der Waals surface area (Å²) in [7, 11) is 0. The third-order valence-corrected chi connectivity index (χ3v) is 3.56. The number of nitrogens with one attached hydrogen (secondary N) is 1. The minimum atomic E-state index is -0.845. The van der Waals surface area contributed by atoms with E-state index in [-0.39, 0.29) is 11.3 Å². The highest BCUT2D eigenvalue weighted by Crippen LogP contribution is 2.22. The molecule has 1 amide bonds. The first kappa shape index (κ1) is 18.7.